The minimum Gasteiger partial charge on any atom is -0.354 e. The molecule has 2 aliphatic carbocycles. The lowest BCUT2D eigenvalue weighted by Gasteiger charge is -2.35. The summed E-state index contributed by atoms with van der Waals surface area (Å²) in [5.41, 5.74) is 1.37. The number of hydrogen-bond acceptors (Lipinski definition) is 4. The maximum absolute atomic E-state index is 4.58. The van der Waals surface area contributed by atoms with Crippen molar-refractivity contribution in [3.8, 4) is 0 Å². The number of nitrogens with zero attached hydrogens (tertiary/aromatic N) is 3. The molecule has 21 heavy (non-hydrogen) atoms. The van der Waals surface area contributed by atoms with Crippen LogP contribution in [0.4, 0.5) is 5.82 Å². The minimum absolute atomic E-state index is 0.771. The van der Waals surface area contributed by atoms with Gasteiger partial charge in [0.25, 0.3) is 0 Å². The average Bonchev–Trinajstić information content (AvgIpc) is 3.41. The molecule has 2 heterocycles. The van der Waals surface area contributed by atoms with Crippen LogP contribution in [0.3, 0.4) is 0 Å². The van der Waals surface area contributed by atoms with Crippen molar-refractivity contribution in [1.82, 2.24) is 15.2 Å². The molecule has 4 heteroatoms. The summed E-state index contributed by atoms with van der Waals surface area (Å²) >= 11 is 0. The molecule has 3 aliphatic rings. The maximum atomic E-state index is 4.58. The Balaban J connectivity index is 1.31. The zero-order valence-corrected chi connectivity index (χ0v) is 12.8. The monoisotopic (exact) mass is 286 g/mol. The van der Waals surface area contributed by atoms with Crippen LogP contribution in [-0.2, 0) is 6.54 Å². The van der Waals surface area contributed by atoms with E-state index in [9.17, 15) is 0 Å². The standard InChI is InChI=1S/C17H26N4/c1-2-14(1)13-20-7-9-21(10-8-20)17-11-15(5-6-18-17)12-19-16-3-4-16/h5-6,11,14,16,19H,1-4,7-10,12-13H2. The first-order valence-electron chi connectivity index (χ1n) is 8.52. The van der Waals surface area contributed by atoms with E-state index in [2.05, 4.69) is 32.2 Å². The van der Waals surface area contributed by atoms with Crippen molar-refractivity contribution >= 4 is 5.82 Å². The van der Waals surface area contributed by atoms with Gasteiger partial charge in [0, 0.05) is 51.5 Å². The smallest absolute Gasteiger partial charge is 0.128 e. The van der Waals surface area contributed by atoms with E-state index in [-0.39, 0.29) is 0 Å². The fraction of sp³-hybridized carbons (Fsp3) is 0.706. The van der Waals surface area contributed by atoms with Gasteiger partial charge in [-0.1, -0.05) is 0 Å². The van der Waals surface area contributed by atoms with E-state index < -0.39 is 0 Å². The molecule has 1 N–H and O–H groups in total. The van der Waals surface area contributed by atoms with Crippen LogP contribution < -0.4 is 10.2 Å². The SMILES string of the molecule is c1cc(CNC2CC2)cc(N2CCN(CC3CC3)CC2)n1. The molecule has 0 bridgehead atoms. The summed E-state index contributed by atoms with van der Waals surface area (Å²) in [7, 11) is 0. The molecule has 0 spiro atoms. The quantitative estimate of drug-likeness (QED) is 0.865. The van der Waals surface area contributed by atoms with Crippen molar-refractivity contribution in [1.29, 1.82) is 0 Å². The molecular formula is C17H26N4. The highest BCUT2D eigenvalue weighted by Gasteiger charge is 2.26. The predicted molar refractivity (Wildman–Crippen MR) is 85.5 cm³/mol. The number of rotatable bonds is 6. The Bertz CT molecular complexity index is 473. The first-order valence-corrected chi connectivity index (χ1v) is 8.52. The van der Waals surface area contributed by atoms with Gasteiger partial charge in [-0.25, -0.2) is 4.98 Å². The summed E-state index contributed by atoms with van der Waals surface area (Å²) in [5.74, 6) is 2.17. The van der Waals surface area contributed by atoms with Gasteiger partial charge in [0.1, 0.15) is 5.82 Å². The molecule has 4 rings (SSSR count). The van der Waals surface area contributed by atoms with Gasteiger partial charge in [0.2, 0.25) is 0 Å². The molecular weight excluding hydrogens is 260 g/mol. The van der Waals surface area contributed by atoms with Crippen LogP contribution in [0.1, 0.15) is 31.2 Å². The summed E-state index contributed by atoms with van der Waals surface area (Å²) in [5, 5.41) is 3.58. The normalized spacial score (nSPS) is 23.5. The fourth-order valence-corrected chi connectivity index (χ4v) is 3.12. The number of hydrogen-bond donors (Lipinski definition) is 1. The Kier molecular flexibility index (Phi) is 3.82. The van der Waals surface area contributed by atoms with E-state index in [4.69, 9.17) is 0 Å². The molecule has 0 radical (unpaired) electrons. The van der Waals surface area contributed by atoms with Crippen LogP contribution in [0.2, 0.25) is 0 Å². The van der Waals surface area contributed by atoms with Crippen LogP contribution in [0.5, 0.6) is 0 Å². The van der Waals surface area contributed by atoms with Crippen LogP contribution >= 0.6 is 0 Å². The molecule has 0 aromatic carbocycles. The Morgan fingerprint density at radius 2 is 1.90 bits per heavy atom. The molecule has 1 aromatic rings. The molecule has 1 aliphatic heterocycles. The minimum atomic E-state index is 0.771. The molecule has 3 fully saturated rings. The summed E-state index contributed by atoms with van der Waals surface area (Å²) in [4.78, 5) is 9.66. The predicted octanol–water partition coefficient (Wildman–Crippen LogP) is 1.87. The molecule has 114 valence electrons. The van der Waals surface area contributed by atoms with E-state index in [0.717, 1.165) is 37.4 Å². The second-order valence-corrected chi connectivity index (χ2v) is 6.91. The summed E-state index contributed by atoms with van der Waals surface area (Å²) in [6, 6.07) is 5.18. The first kappa shape index (κ1) is 13.5. The highest BCUT2D eigenvalue weighted by atomic mass is 15.3. The van der Waals surface area contributed by atoms with Gasteiger partial charge in [-0.2, -0.15) is 0 Å². The van der Waals surface area contributed by atoms with Gasteiger partial charge < -0.3 is 10.2 Å². The van der Waals surface area contributed by atoms with Crippen LogP contribution in [0, 0.1) is 5.92 Å². The van der Waals surface area contributed by atoms with E-state index in [0.29, 0.717) is 0 Å². The lowest BCUT2D eigenvalue weighted by molar-refractivity contribution is 0.247. The second kappa shape index (κ2) is 5.93. The average molecular weight is 286 g/mol. The van der Waals surface area contributed by atoms with Crippen molar-refractivity contribution < 1.29 is 0 Å². The molecule has 1 aromatic heterocycles. The number of anilines is 1. The first-order chi connectivity index (χ1) is 10.4. The summed E-state index contributed by atoms with van der Waals surface area (Å²) in [6.45, 7) is 6.96. The van der Waals surface area contributed by atoms with E-state index >= 15 is 0 Å². The Labute approximate surface area is 127 Å². The van der Waals surface area contributed by atoms with Crippen LogP contribution in [0.25, 0.3) is 0 Å². The zero-order chi connectivity index (χ0) is 14.1. The van der Waals surface area contributed by atoms with Crippen molar-refractivity contribution in [3.05, 3.63) is 23.9 Å². The van der Waals surface area contributed by atoms with E-state index in [1.54, 1.807) is 0 Å². The zero-order valence-electron chi connectivity index (χ0n) is 12.8. The third kappa shape index (κ3) is 3.74. The van der Waals surface area contributed by atoms with Gasteiger partial charge in [0.05, 0.1) is 0 Å². The Hall–Kier alpha value is -1.13. The summed E-state index contributed by atoms with van der Waals surface area (Å²) in [6.07, 6.45) is 7.58. The van der Waals surface area contributed by atoms with Crippen LogP contribution in [0.15, 0.2) is 18.3 Å². The third-order valence-corrected chi connectivity index (χ3v) is 4.89. The second-order valence-electron chi connectivity index (χ2n) is 6.91. The van der Waals surface area contributed by atoms with Crippen molar-refractivity contribution in [2.45, 2.75) is 38.3 Å². The lowest BCUT2D eigenvalue weighted by Crippen LogP contribution is -2.47. The maximum Gasteiger partial charge on any atom is 0.128 e. The third-order valence-electron chi connectivity index (χ3n) is 4.89. The van der Waals surface area contributed by atoms with E-state index in [1.165, 1.54) is 50.9 Å². The number of aromatic nitrogens is 1. The van der Waals surface area contributed by atoms with Crippen LogP contribution in [-0.4, -0.2) is 48.6 Å². The van der Waals surface area contributed by atoms with Gasteiger partial charge in [-0.3, -0.25) is 4.90 Å². The molecule has 1 saturated heterocycles. The number of nitrogens with one attached hydrogen (secondary N) is 1. The lowest BCUT2D eigenvalue weighted by atomic mass is 10.2. The highest BCUT2D eigenvalue weighted by molar-refractivity contribution is 5.41. The Morgan fingerprint density at radius 3 is 2.62 bits per heavy atom. The largest absolute Gasteiger partial charge is 0.354 e. The van der Waals surface area contributed by atoms with Crippen molar-refractivity contribution in [2.24, 2.45) is 5.92 Å². The molecule has 0 amide bonds. The van der Waals surface area contributed by atoms with Gasteiger partial charge in [-0.15, -0.1) is 0 Å². The van der Waals surface area contributed by atoms with Gasteiger partial charge >= 0.3 is 0 Å². The fourth-order valence-electron chi connectivity index (χ4n) is 3.12. The Morgan fingerprint density at radius 1 is 1.10 bits per heavy atom. The summed E-state index contributed by atoms with van der Waals surface area (Å²) < 4.78 is 0. The topological polar surface area (TPSA) is 31.4 Å². The number of pyridine rings is 1. The molecule has 0 unspecified atom stereocenters. The molecule has 4 nitrogen and oxygen atoms in total. The van der Waals surface area contributed by atoms with Crippen molar-refractivity contribution in [3.63, 3.8) is 0 Å². The van der Waals surface area contributed by atoms with Gasteiger partial charge in [0.15, 0.2) is 0 Å². The molecule has 0 atom stereocenters. The van der Waals surface area contributed by atoms with Gasteiger partial charge in [-0.05, 0) is 49.3 Å². The molecule has 2 saturated carbocycles. The van der Waals surface area contributed by atoms with E-state index in [1.807, 2.05) is 6.20 Å². The van der Waals surface area contributed by atoms with Crippen molar-refractivity contribution in [2.75, 3.05) is 37.6 Å². The number of piperazine rings is 1. The highest BCUT2D eigenvalue weighted by Crippen LogP contribution is 2.30.